The highest BCUT2D eigenvalue weighted by atomic mass is 16.5. The van der Waals surface area contributed by atoms with Crippen LogP contribution in [-0.2, 0) is 9.47 Å². The van der Waals surface area contributed by atoms with E-state index in [0.29, 0.717) is 17.9 Å². The van der Waals surface area contributed by atoms with Gasteiger partial charge in [0.1, 0.15) is 0 Å². The van der Waals surface area contributed by atoms with Crippen LogP contribution in [0.15, 0.2) is 18.2 Å². The summed E-state index contributed by atoms with van der Waals surface area (Å²) in [6.07, 6.45) is 3.50. The van der Waals surface area contributed by atoms with Gasteiger partial charge in [-0.1, -0.05) is 0 Å². The van der Waals surface area contributed by atoms with Gasteiger partial charge < -0.3 is 20.5 Å². The van der Waals surface area contributed by atoms with Crippen molar-refractivity contribution in [2.75, 3.05) is 24.8 Å². The molecule has 2 atom stereocenters. The minimum Gasteiger partial charge on any atom is -0.462 e. The maximum Gasteiger partial charge on any atom is 0.340 e. The molecule has 3 N–H and O–H groups in total. The Labute approximate surface area is 119 Å². The zero-order chi connectivity index (χ0) is 14.5. The first-order valence-corrected chi connectivity index (χ1v) is 7.01. The average molecular weight is 278 g/mol. The molecule has 1 saturated carbocycles. The fourth-order valence-corrected chi connectivity index (χ4v) is 2.62. The van der Waals surface area contributed by atoms with E-state index in [4.69, 9.17) is 15.2 Å². The number of carbonyl (C=O) groups excluding carboxylic acids is 1. The number of nitrogen functional groups attached to an aromatic ring is 1. The first-order valence-electron chi connectivity index (χ1n) is 7.01. The van der Waals surface area contributed by atoms with E-state index in [9.17, 15) is 4.79 Å². The molecule has 2 unspecified atom stereocenters. The summed E-state index contributed by atoms with van der Waals surface area (Å²) in [4.78, 5) is 11.8. The molecular formula is C15H22N2O3. The van der Waals surface area contributed by atoms with Gasteiger partial charge in [-0.3, -0.25) is 0 Å². The van der Waals surface area contributed by atoms with Crippen molar-refractivity contribution in [3.8, 4) is 0 Å². The van der Waals surface area contributed by atoms with Gasteiger partial charge in [-0.15, -0.1) is 0 Å². The average Bonchev–Trinajstić information content (AvgIpc) is 2.88. The lowest BCUT2D eigenvalue weighted by Gasteiger charge is -2.21. The third-order valence-corrected chi connectivity index (χ3v) is 3.66. The molecular weight excluding hydrogens is 256 g/mol. The number of esters is 1. The van der Waals surface area contributed by atoms with Crippen molar-refractivity contribution in [2.24, 2.45) is 0 Å². The van der Waals surface area contributed by atoms with Crippen LogP contribution in [0.1, 0.15) is 36.5 Å². The van der Waals surface area contributed by atoms with E-state index in [1.165, 1.54) is 0 Å². The minimum atomic E-state index is -0.386. The summed E-state index contributed by atoms with van der Waals surface area (Å²) in [5, 5.41) is 3.42. The second-order valence-electron chi connectivity index (χ2n) is 4.98. The molecule has 0 saturated heterocycles. The Kier molecular flexibility index (Phi) is 4.84. The zero-order valence-corrected chi connectivity index (χ0v) is 12.0. The highest BCUT2D eigenvalue weighted by Gasteiger charge is 2.27. The zero-order valence-electron chi connectivity index (χ0n) is 12.0. The molecule has 0 spiro atoms. The van der Waals surface area contributed by atoms with Crippen LogP contribution < -0.4 is 11.1 Å². The van der Waals surface area contributed by atoms with Gasteiger partial charge in [0.15, 0.2) is 0 Å². The number of rotatable bonds is 5. The molecule has 1 aliphatic rings. The van der Waals surface area contributed by atoms with Crippen LogP contribution in [-0.4, -0.2) is 31.8 Å². The van der Waals surface area contributed by atoms with Crippen LogP contribution in [0.4, 0.5) is 11.4 Å². The number of hydrogen-bond donors (Lipinski definition) is 2. The Morgan fingerprint density at radius 2 is 2.25 bits per heavy atom. The maximum atomic E-state index is 11.8. The second kappa shape index (κ2) is 6.61. The molecule has 1 aromatic rings. The van der Waals surface area contributed by atoms with Crippen molar-refractivity contribution < 1.29 is 14.3 Å². The normalized spacial score (nSPS) is 21.7. The smallest absolute Gasteiger partial charge is 0.340 e. The summed E-state index contributed by atoms with van der Waals surface area (Å²) in [5.74, 6) is -0.386. The number of methoxy groups -OCH3 is 1. The molecule has 1 aromatic carbocycles. The van der Waals surface area contributed by atoms with Crippen molar-refractivity contribution in [1.82, 2.24) is 0 Å². The van der Waals surface area contributed by atoms with Crippen molar-refractivity contribution >= 4 is 17.3 Å². The Hall–Kier alpha value is -1.75. The Balaban J connectivity index is 2.13. The van der Waals surface area contributed by atoms with Gasteiger partial charge in [0.2, 0.25) is 0 Å². The number of benzene rings is 1. The third kappa shape index (κ3) is 3.22. The van der Waals surface area contributed by atoms with Gasteiger partial charge in [0, 0.05) is 18.5 Å². The first kappa shape index (κ1) is 14.7. The van der Waals surface area contributed by atoms with Crippen LogP contribution in [0, 0.1) is 0 Å². The molecule has 20 heavy (non-hydrogen) atoms. The van der Waals surface area contributed by atoms with Crippen molar-refractivity contribution in [1.29, 1.82) is 0 Å². The van der Waals surface area contributed by atoms with E-state index < -0.39 is 0 Å². The van der Waals surface area contributed by atoms with Crippen molar-refractivity contribution in [3.63, 3.8) is 0 Å². The summed E-state index contributed by atoms with van der Waals surface area (Å²) >= 11 is 0. The standard InChI is InChI=1S/C15H22N2O3/c1-3-20-15(18)11-9-10(7-8-12(11)16)17-13-5-4-6-14(13)19-2/h7-9,13-14,17H,3-6,16H2,1-2H3. The molecule has 1 aliphatic carbocycles. The molecule has 0 aliphatic heterocycles. The highest BCUT2D eigenvalue weighted by molar-refractivity contribution is 5.96. The number of nitrogens with two attached hydrogens (primary N) is 1. The molecule has 0 aromatic heterocycles. The van der Waals surface area contributed by atoms with Crippen LogP contribution >= 0.6 is 0 Å². The lowest BCUT2D eigenvalue weighted by Crippen LogP contribution is -2.29. The number of carbonyl (C=O) groups is 1. The summed E-state index contributed by atoms with van der Waals surface area (Å²) in [6, 6.07) is 5.63. The van der Waals surface area contributed by atoms with E-state index in [1.807, 2.05) is 6.07 Å². The fourth-order valence-electron chi connectivity index (χ4n) is 2.62. The number of nitrogens with one attached hydrogen (secondary N) is 1. The maximum absolute atomic E-state index is 11.8. The minimum absolute atomic E-state index is 0.221. The van der Waals surface area contributed by atoms with Gasteiger partial charge in [-0.2, -0.15) is 0 Å². The van der Waals surface area contributed by atoms with E-state index in [-0.39, 0.29) is 18.1 Å². The monoisotopic (exact) mass is 278 g/mol. The van der Waals surface area contributed by atoms with Crippen molar-refractivity contribution in [3.05, 3.63) is 23.8 Å². The molecule has 1 fully saturated rings. The van der Waals surface area contributed by atoms with Crippen LogP contribution in [0.5, 0.6) is 0 Å². The van der Waals surface area contributed by atoms with Crippen LogP contribution in [0.2, 0.25) is 0 Å². The van der Waals surface area contributed by atoms with E-state index in [1.54, 1.807) is 26.2 Å². The second-order valence-corrected chi connectivity index (χ2v) is 4.98. The largest absolute Gasteiger partial charge is 0.462 e. The number of hydrogen-bond acceptors (Lipinski definition) is 5. The highest BCUT2D eigenvalue weighted by Crippen LogP contribution is 2.26. The Morgan fingerprint density at radius 1 is 1.45 bits per heavy atom. The predicted molar refractivity (Wildman–Crippen MR) is 78.9 cm³/mol. The number of ether oxygens (including phenoxy) is 2. The molecule has 5 nitrogen and oxygen atoms in total. The molecule has 110 valence electrons. The Morgan fingerprint density at radius 3 is 2.95 bits per heavy atom. The summed E-state index contributed by atoms with van der Waals surface area (Å²) in [7, 11) is 1.73. The number of anilines is 2. The Bertz CT molecular complexity index is 476. The molecule has 0 radical (unpaired) electrons. The quantitative estimate of drug-likeness (QED) is 0.639. The third-order valence-electron chi connectivity index (χ3n) is 3.66. The van der Waals surface area contributed by atoms with Gasteiger partial charge in [0.25, 0.3) is 0 Å². The van der Waals surface area contributed by atoms with Gasteiger partial charge in [-0.25, -0.2) is 4.79 Å². The predicted octanol–water partition coefficient (Wildman–Crippen LogP) is 2.42. The van der Waals surface area contributed by atoms with Crippen LogP contribution in [0.25, 0.3) is 0 Å². The van der Waals surface area contributed by atoms with Gasteiger partial charge in [-0.05, 0) is 44.4 Å². The molecule has 0 heterocycles. The van der Waals surface area contributed by atoms with Gasteiger partial charge in [0.05, 0.1) is 24.3 Å². The fraction of sp³-hybridized carbons (Fsp3) is 0.533. The summed E-state index contributed by atoms with van der Waals surface area (Å²) in [6.45, 7) is 2.11. The summed E-state index contributed by atoms with van der Waals surface area (Å²) in [5.41, 5.74) is 7.54. The van der Waals surface area contributed by atoms with E-state index in [2.05, 4.69) is 5.32 Å². The first-order chi connectivity index (χ1) is 9.65. The lowest BCUT2D eigenvalue weighted by molar-refractivity contribution is 0.0527. The molecule has 0 bridgehead atoms. The molecule has 5 heteroatoms. The van der Waals surface area contributed by atoms with Crippen LogP contribution in [0.3, 0.4) is 0 Å². The van der Waals surface area contributed by atoms with Crippen molar-refractivity contribution in [2.45, 2.75) is 38.3 Å². The SMILES string of the molecule is CCOC(=O)c1cc(NC2CCCC2OC)ccc1N. The van der Waals surface area contributed by atoms with E-state index >= 15 is 0 Å². The lowest BCUT2D eigenvalue weighted by atomic mass is 10.1. The molecule has 2 rings (SSSR count). The van der Waals surface area contributed by atoms with E-state index in [0.717, 1.165) is 24.9 Å². The summed E-state index contributed by atoms with van der Waals surface area (Å²) < 4.78 is 10.5. The topological polar surface area (TPSA) is 73.6 Å². The van der Waals surface area contributed by atoms with Gasteiger partial charge >= 0.3 is 5.97 Å². The molecule has 0 amide bonds.